The Morgan fingerprint density at radius 3 is 1.92 bits per heavy atom. The zero-order chi connectivity index (χ0) is 16.7. The van der Waals surface area contributed by atoms with Gasteiger partial charge in [0.2, 0.25) is 0 Å². The van der Waals surface area contributed by atoms with Crippen LogP contribution in [0.1, 0.15) is 65.7 Å². The molecule has 3 aliphatic rings. The summed E-state index contributed by atoms with van der Waals surface area (Å²) in [6, 6.07) is 6.54. The number of hydrogen-bond donors (Lipinski definition) is 0. The van der Waals surface area contributed by atoms with Crippen molar-refractivity contribution in [3.63, 3.8) is 0 Å². The van der Waals surface area contributed by atoms with E-state index in [1.54, 1.807) is 24.3 Å². The van der Waals surface area contributed by atoms with Crippen LogP contribution in [0, 0.1) is 17.8 Å². The predicted molar refractivity (Wildman–Crippen MR) is 85.8 cm³/mol. The molecule has 2 saturated carbocycles. The molecule has 0 atom stereocenters. The number of benzene rings is 1. The van der Waals surface area contributed by atoms with E-state index >= 15 is 0 Å². The third kappa shape index (κ3) is 2.52. The Kier molecular flexibility index (Phi) is 3.87. The summed E-state index contributed by atoms with van der Waals surface area (Å²) < 4.78 is 0. The lowest BCUT2D eigenvalue weighted by atomic mass is 9.63. The molecule has 1 aliphatic heterocycles. The standard InChI is InChI=1S/C19H21NO4/c21-17(11-16(12-5-3-6-12)13-7-4-8-13)24-20-18(22)14-9-1-2-10-15(14)19(20)23/h1-2,9-10,12-13,16H,3-8,11H2. The van der Waals surface area contributed by atoms with Gasteiger partial charge in [-0.25, -0.2) is 4.79 Å². The summed E-state index contributed by atoms with van der Waals surface area (Å²) in [5.74, 6) is -0.0147. The van der Waals surface area contributed by atoms with Crippen LogP contribution in [-0.4, -0.2) is 22.8 Å². The van der Waals surface area contributed by atoms with Crippen LogP contribution in [0.25, 0.3) is 0 Å². The van der Waals surface area contributed by atoms with Gasteiger partial charge in [0, 0.05) is 0 Å². The van der Waals surface area contributed by atoms with Crippen molar-refractivity contribution in [3.8, 4) is 0 Å². The van der Waals surface area contributed by atoms with E-state index in [0.717, 1.165) is 0 Å². The topological polar surface area (TPSA) is 63.7 Å². The highest BCUT2D eigenvalue weighted by molar-refractivity contribution is 6.20. The van der Waals surface area contributed by atoms with Gasteiger partial charge < -0.3 is 4.84 Å². The predicted octanol–water partition coefficient (Wildman–Crippen LogP) is 3.35. The third-order valence-corrected chi connectivity index (χ3v) is 5.86. The zero-order valence-electron chi connectivity index (χ0n) is 13.6. The van der Waals surface area contributed by atoms with Gasteiger partial charge in [-0.2, -0.15) is 0 Å². The van der Waals surface area contributed by atoms with Crippen molar-refractivity contribution in [2.45, 2.75) is 44.9 Å². The molecular weight excluding hydrogens is 306 g/mol. The van der Waals surface area contributed by atoms with E-state index in [9.17, 15) is 14.4 Å². The van der Waals surface area contributed by atoms with Crippen LogP contribution in [0.3, 0.4) is 0 Å². The van der Waals surface area contributed by atoms with Crippen LogP contribution in [0.15, 0.2) is 24.3 Å². The lowest BCUT2D eigenvalue weighted by Gasteiger charge is -2.42. The van der Waals surface area contributed by atoms with E-state index in [0.29, 0.717) is 40.4 Å². The van der Waals surface area contributed by atoms with Crippen LogP contribution in [-0.2, 0) is 9.63 Å². The second kappa shape index (κ2) is 6.04. The highest BCUT2D eigenvalue weighted by Gasteiger charge is 2.41. The molecule has 126 valence electrons. The molecule has 2 amide bonds. The van der Waals surface area contributed by atoms with Crippen LogP contribution in [0.5, 0.6) is 0 Å². The summed E-state index contributed by atoms with van der Waals surface area (Å²) in [7, 11) is 0. The molecule has 0 unspecified atom stereocenters. The molecule has 5 heteroatoms. The fraction of sp³-hybridized carbons (Fsp3) is 0.526. The maximum Gasteiger partial charge on any atom is 0.333 e. The minimum atomic E-state index is -0.548. The molecule has 2 aliphatic carbocycles. The smallest absolute Gasteiger partial charge is 0.330 e. The van der Waals surface area contributed by atoms with Crippen molar-refractivity contribution in [1.82, 2.24) is 5.06 Å². The average Bonchev–Trinajstić information content (AvgIpc) is 2.69. The van der Waals surface area contributed by atoms with Gasteiger partial charge in [0.15, 0.2) is 0 Å². The number of hydroxylamine groups is 2. The van der Waals surface area contributed by atoms with E-state index in [4.69, 9.17) is 4.84 Å². The minimum Gasteiger partial charge on any atom is -0.330 e. The number of carbonyl (C=O) groups is 3. The molecule has 0 radical (unpaired) electrons. The second-order valence-corrected chi connectivity index (χ2v) is 7.16. The lowest BCUT2D eigenvalue weighted by Crippen LogP contribution is -2.37. The molecule has 2 fully saturated rings. The van der Waals surface area contributed by atoms with Crippen molar-refractivity contribution in [1.29, 1.82) is 0 Å². The number of rotatable bonds is 5. The van der Waals surface area contributed by atoms with E-state index in [2.05, 4.69) is 0 Å². The Labute approximate surface area is 140 Å². The minimum absolute atomic E-state index is 0.296. The van der Waals surface area contributed by atoms with E-state index in [1.165, 1.54) is 38.5 Å². The van der Waals surface area contributed by atoms with E-state index in [-0.39, 0.29) is 0 Å². The highest BCUT2D eigenvalue weighted by atomic mass is 16.7. The van der Waals surface area contributed by atoms with E-state index < -0.39 is 17.8 Å². The second-order valence-electron chi connectivity index (χ2n) is 7.16. The first-order valence-electron chi connectivity index (χ1n) is 8.84. The number of fused-ring (bicyclic) bond motifs is 1. The molecule has 0 spiro atoms. The Morgan fingerprint density at radius 2 is 1.50 bits per heavy atom. The molecule has 0 aromatic heterocycles. The SMILES string of the molecule is O=C(CC(C1CCC1)C1CCC1)ON1C(=O)c2ccccc2C1=O. The van der Waals surface area contributed by atoms with Crippen molar-refractivity contribution < 1.29 is 19.2 Å². The molecule has 0 saturated heterocycles. The van der Waals surface area contributed by atoms with E-state index in [1.807, 2.05) is 0 Å². The summed E-state index contributed by atoms with van der Waals surface area (Å²) >= 11 is 0. The van der Waals surface area contributed by atoms with Gasteiger partial charge in [-0.15, -0.1) is 0 Å². The van der Waals surface area contributed by atoms with Crippen LogP contribution >= 0.6 is 0 Å². The molecule has 0 N–H and O–H groups in total. The van der Waals surface area contributed by atoms with Gasteiger partial charge in [0.25, 0.3) is 11.8 Å². The number of nitrogens with zero attached hydrogens (tertiary/aromatic N) is 1. The molecule has 5 nitrogen and oxygen atoms in total. The molecule has 1 aromatic carbocycles. The molecular formula is C19H21NO4. The zero-order valence-corrected chi connectivity index (χ0v) is 13.6. The summed E-state index contributed by atoms with van der Waals surface area (Å²) in [6.07, 6.45) is 7.51. The Morgan fingerprint density at radius 1 is 1.00 bits per heavy atom. The maximum absolute atomic E-state index is 12.4. The number of amides is 2. The number of carbonyl (C=O) groups excluding carboxylic acids is 3. The first kappa shape index (κ1) is 15.4. The van der Waals surface area contributed by atoms with Crippen LogP contribution < -0.4 is 0 Å². The van der Waals surface area contributed by atoms with Crippen molar-refractivity contribution in [3.05, 3.63) is 35.4 Å². The monoisotopic (exact) mass is 327 g/mol. The van der Waals surface area contributed by atoms with Crippen LogP contribution in [0.2, 0.25) is 0 Å². The lowest BCUT2D eigenvalue weighted by molar-refractivity contribution is -0.171. The Bertz CT molecular complexity index is 641. The van der Waals surface area contributed by atoms with Gasteiger partial charge >= 0.3 is 5.97 Å². The van der Waals surface area contributed by atoms with Gasteiger partial charge in [-0.05, 0) is 29.9 Å². The molecule has 4 rings (SSSR count). The molecule has 0 bridgehead atoms. The summed E-state index contributed by atoms with van der Waals surface area (Å²) in [4.78, 5) is 42.1. The Balaban J connectivity index is 1.42. The molecule has 1 aromatic rings. The third-order valence-electron chi connectivity index (χ3n) is 5.86. The maximum atomic E-state index is 12.4. The van der Waals surface area contributed by atoms with Crippen molar-refractivity contribution >= 4 is 17.8 Å². The van der Waals surface area contributed by atoms with Gasteiger partial charge in [0.05, 0.1) is 17.5 Å². The first-order valence-corrected chi connectivity index (χ1v) is 8.84. The largest absolute Gasteiger partial charge is 0.333 e. The highest BCUT2D eigenvalue weighted by Crippen LogP contribution is 2.46. The van der Waals surface area contributed by atoms with Crippen LogP contribution in [0.4, 0.5) is 0 Å². The van der Waals surface area contributed by atoms with Crippen molar-refractivity contribution in [2.24, 2.45) is 17.8 Å². The summed E-state index contributed by atoms with van der Waals surface area (Å²) in [5, 5.41) is 0.631. The first-order chi connectivity index (χ1) is 11.6. The fourth-order valence-electron chi connectivity index (χ4n) is 4.04. The van der Waals surface area contributed by atoms with Gasteiger partial charge in [-0.3, -0.25) is 9.59 Å². The molecule has 1 heterocycles. The number of imide groups is 1. The number of hydrogen-bond acceptors (Lipinski definition) is 4. The fourth-order valence-corrected chi connectivity index (χ4v) is 4.04. The van der Waals surface area contributed by atoms with Crippen molar-refractivity contribution in [2.75, 3.05) is 0 Å². The summed E-state index contributed by atoms with van der Waals surface area (Å²) in [6.45, 7) is 0. The quantitative estimate of drug-likeness (QED) is 0.778. The van der Waals surface area contributed by atoms with Gasteiger partial charge in [-0.1, -0.05) is 55.7 Å². The normalized spacial score (nSPS) is 20.8. The summed E-state index contributed by atoms with van der Waals surface area (Å²) in [5.41, 5.74) is 0.592. The Hall–Kier alpha value is -2.17. The average molecular weight is 327 g/mol. The van der Waals surface area contributed by atoms with Gasteiger partial charge in [0.1, 0.15) is 0 Å². The molecule has 24 heavy (non-hydrogen) atoms.